The largest absolute Gasteiger partial charge is 0.489 e. The van der Waals surface area contributed by atoms with Crippen LogP contribution >= 0.6 is 0 Å². The molecule has 7 nitrogen and oxygen atoms in total. The molecule has 0 amide bonds. The van der Waals surface area contributed by atoms with Gasteiger partial charge in [0.1, 0.15) is 12.4 Å². The number of hydrogen-bond acceptors (Lipinski definition) is 6. The van der Waals surface area contributed by atoms with Gasteiger partial charge >= 0.3 is 12.1 Å². The van der Waals surface area contributed by atoms with Gasteiger partial charge in [0.25, 0.3) is 0 Å². The number of likely N-dealkylation sites (tertiary alicyclic amines) is 1. The number of halogens is 3. The van der Waals surface area contributed by atoms with Crippen molar-refractivity contribution in [1.29, 1.82) is 0 Å². The lowest BCUT2D eigenvalue weighted by atomic mass is 9.78. The minimum absolute atomic E-state index is 0.109. The maximum absolute atomic E-state index is 12.7. The highest BCUT2D eigenvalue weighted by atomic mass is 19.4. The molecule has 1 unspecified atom stereocenters. The Kier molecular flexibility index (Phi) is 10.4. The molecule has 2 saturated heterocycles. The van der Waals surface area contributed by atoms with Crippen LogP contribution in [0.2, 0.25) is 0 Å². The zero-order chi connectivity index (χ0) is 31.0. The zero-order valence-corrected chi connectivity index (χ0v) is 24.7. The Bertz CT molecular complexity index is 1340. The average Bonchev–Trinajstić information content (AvgIpc) is 3.01. The van der Waals surface area contributed by atoms with Crippen molar-refractivity contribution in [3.8, 4) is 11.6 Å². The monoisotopic (exact) mass is 612 g/mol. The summed E-state index contributed by atoms with van der Waals surface area (Å²) in [6.45, 7) is 4.42. The van der Waals surface area contributed by atoms with Crippen molar-refractivity contribution in [1.82, 2.24) is 9.88 Å². The third-order valence-electron chi connectivity index (χ3n) is 8.59. The smallest absolute Gasteiger partial charge is 0.417 e. The summed E-state index contributed by atoms with van der Waals surface area (Å²) in [6.07, 6.45) is 1.75. The first-order valence-electron chi connectivity index (χ1n) is 15.2. The molecule has 1 spiro atoms. The van der Waals surface area contributed by atoms with Crippen LogP contribution in [0.5, 0.6) is 11.6 Å². The van der Waals surface area contributed by atoms with E-state index in [1.165, 1.54) is 11.6 Å². The molecule has 3 aromatic rings. The number of piperidine rings is 1. The van der Waals surface area contributed by atoms with E-state index < -0.39 is 17.7 Å². The summed E-state index contributed by atoms with van der Waals surface area (Å²) in [6, 6.07) is 18.3. The predicted octanol–water partition coefficient (Wildman–Crippen LogP) is 6.93. The van der Waals surface area contributed by atoms with Crippen LogP contribution in [0.25, 0.3) is 0 Å². The molecule has 10 heteroatoms. The highest BCUT2D eigenvalue weighted by molar-refractivity contribution is 5.67. The van der Waals surface area contributed by atoms with Crippen LogP contribution in [0, 0.1) is 5.92 Å². The van der Waals surface area contributed by atoms with Gasteiger partial charge in [-0.05, 0) is 79.3 Å². The lowest BCUT2D eigenvalue weighted by molar-refractivity contribution is -0.138. The quantitative estimate of drug-likeness (QED) is 0.238. The molecule has 1 atom stereocenters. The molecule has 0 saturated carbocycles. The summed E-state index contributed by atoms with van der Waals surface area (Å²) in [5.74, 6) is 0.626. The summed E-state index contributed by atoms with van der Waals surface area (Å²) in [5, 5.41) is 8.83. The van der Waals surface area contributed by atoms with Gasteiger partial charge in [0.05, 0.1) is 17.8 Å². The number of aromatic nitrogens is 1. The van der Waals surface area contributed by atoms with Crippen LogP contribution in [-0.2, 0) is 35.3 Å². The lowest BCUT2D eigenvalue weighted by Gasteiger charge is -2.46. The number of carboxylic acids is 1. The van der Waals surface area contributed by atoms with E-state index >= 15 is 0 Å². The van der Waals surface area contributed by atoms with Gasteiger partial charge in [0.15, 0.2) is 0 Å². The summed E-state index contributed by atoms with van der Waals surface area (Å²) >= 11 is 0. The molecule has 3 heterocycles. The predicted molar refractivity (Wildman–Crippen MR) is 158 cm³/mol. The van der Waals surface area contributed by atoms with Gasteiger partial charge in [0.2, 0.25) is 5.88 Å². The topological polar surface area (TPSA) is 81.1 Å². The summed E-state index contributed by atoms with van der Waals surface area (Å²) < 4.78 is 56.1. The van der Waals surface area contributed by atoms with E-state index in [1.54, 1.807) is 0 Å². The Morgan fingerprint density at radius 3 is 2.34 bits per heavy atom. The fraction of sp³-hybridized carbons (Fsp3) is 0.471. The average molecular weight is 613 g/mol. The number of carbonyl (C=O) groups is 1. The van der Waals surface area contributed by atoms with E-state index in [-0.39, 0.29) is 17.9 Å². The van der Waals surface area contributed by atoms with Crippen LogP contribution in [0.3, 0.4) is 0 Å². The Morgan fingerprint density at radius 1 is 0.977 bits per heavy atom. The lowest BCUT2D eigenvalue weighted by Crippen LogP contribution is -2.49. The second kappa shape index (κ2) is 14.4. The molecule has 5 rings (SSSR count). The second-order valence-corrected chi connectivity index (χ2v) is 11.8. The number of nitrogens with zero attached hydrogens (tertiary/aromatic N) is 2. The van der Waals surface area contributed by atoms with E-state index in [0.29, 0.717) is 25.6 Å². The molecular formula is C34H39F3N2O5. The normalized spacial score (nSPS) is 18.7. The fourth-order valence-electron chi connectivity index (χ4n) is 5.98. The Hall–Kier alpha value is -3.63. The van der Waals surface area contributed by atoms with Crippen LogP contribution in [0.1, 0.15) is 60.8 Å². The molecule has 1 aromatic heterocycles. The summed E-state index contributed by atoms with van der Waals surface area (Å²) in [4.78, 5) is 17.0. The van der Waals surface area contributed by atoms with E-state index in [2.05, 4.69) is 34.1 Å². The van der Waals surface area contributed by atoms with Gasteiger partial charge in [0, 0.05) is 44.9 Å². The molecule has 236 valence electrons. The van der Waals surface area contributed by atoms with Gasteiger partial charge in [-0.25, -0.2) is 4.98 Å². The second-order valence-electron chi connectivity index (χ2n) is 11.8. The third-order valence-corrected chi connectivity index (χ3v) is 8.59. The Morgan fingerprint density at radius 2 is 1.68 bits per heavy atom. The molecule has 1 N–H and O–H groups in total. The standard InChI is InChI=1S/C34H39F3N2O5/c35-34(36,37)29-8-11-31(38-22-29)42-19-13-26-14-20-44-33(21-26)15-17-39(18-16-33)23-27-1-3-28(4-2-27)24-43-30-9-5-25(6-10-30)7-12-32(40)41/h1-6,8-11,22,26H,7,12-21,23-24H2,(H,40,41). The van der Waals surface area contributed by atoms with E-state index in [1.807, 2.05) is 24.3 Å². The first kappa shape index (κ1) is 31.8. The molecule has 2 aliphatic heterocycles. The van der Waals surface area contributed by atoms with Crippen LogP contribution in [0.4, 0.5) is 13.2 Å². The van der Waals surface area contributed by atoms with Crippen LogP contribution in [0.15, 0.2) is 66.9 Å². The van der Waals surface area contributed by atoms with Gasteiger partial charge in [-0.2, -0.15) is 13.2 Å². The van der Waals surface area contributed by atoms with Crippen LogP contribution in [-0.4, -0.2) is 52.9 Å². The first-order valence-corrected chi connectivity index (χ1v) is 15.2. The van der Waals surface area contributed by atoms with Crippen molar-refractivity contribution in [2.45, 2.75) is 69.9 Å². The number of benzene rings is 2. The molecule has 0 radical (unpaired) electrons. The Labute approximate surface area is 256 Å². The van der Waals surface area contributed by atoms with Crippen molar-refractivity contribution < 1.29 is 37.3 Å². The number of ether oxygens (including phenoxy) is 3. The SMILES string of the molecule is O=C(O)CCc1ccc(OCc2ccc(CN3CCC4(CC3)CC(CCOc3ccc(C(F)(F)F)cn3)CCO4)cc2)cc1. The van der Waals surface area contributed by atoms with E-state index in [4.69, 9.17) is 19.3 Å². The van der Waals surface area contributed by atoms with E-state index in [9.17, 15) is 18.0 Å². The minimum atomic E-state index is -4.40. The van der Waals surface area contributed by atoms with Gasteiger partial charge in [-0.1, -0.05) is 36.4 Å². The number of pyridine rings is 1. The molecular weight excluding hydrogens is 573 g/mol. The highest BCUT2D eigenvalue weighted by Gasteiger charge is 2.40. The number of rotatable bonds is 12. The summed E-state index contributed by atoms with van der Waals surface area (Å²) in [5.41, 5.74) is 2.43. The number of carboxylic acid groups (broad SMARTS) is 1. The summed E-state index contributed by atoms with van der Waals surface area (Å²) in [7, 11) is 0. The first-order chi connectivity index (χ1) is 21.2. The fourth-order valence-corrected chi connectivity index (χ4v) is 5.98. The zero-order valence-electron chi connectivity index (χ0n) is 24.7. The van der Waals surface area contributed by atoms with Crippen molar-refractivity contribution in [2.75, 3.05) is 26.3 Å². The molecule has 2 fully saturated rings. The third kappa shape index (κ3) is 9.19. The van der Waals surface area contributed by atoms with Crippen molar-refractivity contribution >= 4 is 5.97 Å². The number of alkyl halides is 3. The van der Waals surface area contributed by atoms with Crippen molar-refractivity contribution in [3.63, 3.8) is 0 Å². The van der Waals surface area contributed by atoms with Crippen LogP contribution < -0.4 is 9.47 Å². The molecule has 2 aliphatic rings. The van der Waals surface area contributed by atoms with Crippen molar-refractivity contribution in [2.24, 2.45) is 5.92 Å². The van der Waals surface area contributed by atoms with Gasteiger partial charge < -0.3 is 19.3 Å². The minimum Gasteiger partial charge on any atom is -0.489 e. The van der Waals surface area contributed by atoms with Gasteiger partial charge in [-0.15, -0.1) is 0 Å². The Balaban J connectivity index is 1.01. The molecule has 0 bridgehead atoms. The van der Waals surface area contributed by atoms with E-state index in [0.717, 1.165) is 87.5 Å². The highest BCUT2D eigenvalue weighted by Crippen LogP contribution is 2.39. The number of aryl methyl sites for hydroxylation is 1. The molecule has 2 aromatic carbocycles. The molecule has 0 aliphatic carbocycles. The molecule has 44 heavy (non-hydrogen) atoms. The number of hydrogen-bond donors (Lipinski definition) is 1. The number of aliphatic carboxylic acids is 1. The van der Waals surface area contributed by atoms with Gasteiger partial charge in [-0.3, -0.25) is 9.69 Å². The van der Waals surface area contributed by atoms with Crippen molar-refractivity contribution in [3.05, 3.63) is 89.1 Å². The maximum atomic E-state index is 12.7. The maximum Gasteiger partial charge on any atom is 0.417 e.